The maximum absolute atomic E-state index is 13.4. The van der Waals surface area contributed by atoms with Gasteiger partial charge in [-0.1, -0.05) is 36.7 Å². The van der Waals surface area contributed by atoms with E-state index >= 15 is 0 Å². The lowest BCUT2D eigenvalue weighted by molar-refractivity contribution is -0.149. The molecule has 8 nitrogen and oxygen atoms in total. The molecule has 0 aliphatic heterocycles. The van der Waals surface area contributed by atoms with Crippen molar-refractivity contribution in [3.05, 3.63) is 62.6 Å². The average molecular weight is 543 g/mol. The monoisotopic (exact) mass is 542 g/mol. The van der Waals surface area contributed by atoms with Crippen molar-refractivity contribution >= 4 is 44.7 Å². The van der Waals surface area contributed by atoms with Crippen LogP contribution in [0.2, 0.25) is 0 Å². The van der Waals surface area contributed by atoms with Crippen LogP contribution in [0.4, 0.5) is 5.69 Å². The van der Waals surface area contributed by atoms with E-state index < -0.39 is 11.4 Å². The highest BCUT2D eigenvalue weighted by atomic mass is 79.9. The molecule has 1 heterocycles. The number of hydrogen-bond donors (Lipinski definition) is 0. The number of anilines is 1. The molecule has 3 rings (SSSR count). The number of benzene rings is 2. The van der Waals surface area contributed by atoms with Crippen LogP contribution in [0.1, 0.15) is 46.0 Å². The SMILES string of the molecule is CC(C)OC(=O)COc1cc(N(C)C)ccc1C=Nn1c(C(C)(C)C)nc2ccc(Br)cc2c1=O. The van der Waals surface area contributed by atoms with Crippen molar-refractivity contribution in [2.45, 2.75) is 46.1 Å². The van der Waals surface area contributed by atoms with Crippen molar-refractivity contribution in [2.24, 2.45) is 5.10 Å². The van der Waals surface area contributed by atoms with Crippen LogP contribution in [0.5, 0.6) is 5.75 Å². The van der Waals surface area contributed by atoms with Crippen molar-refractivity contribution in [3.63, 3.8) is 0 Å². The summed E-state index contributed by atoms with van der Waals surface area (Å²) in [5.74, 6) is 0.512. The number of esters is 1. The van der Waals surface area contributed by atoms with E-state index in [2.05, 4.69) is 21.0 Å². The van der Waals surface area contributed by atoms with E-state index in [-0.39, 0.29) is 18.3 Å². The lowest BCUT2D eigenvalue weighted by Crippen LogP contribution is -2.29. The van der Waals surface area contributed by atoms with Gasteiger partial charge in [0, 0.05) is 41.3 Å². The molecule has 0 unspecified atom stereocenters. The van der Waals surface area contributed by atoms with Crippen LogP contribution < -0.4 is 15.2 Å². The highest BCUT2D eigenvalue weighted by molar-refractivity contribution is 9.10. The molecule has 0 atom stereocenters. The Kier molecular flexibility index (Phi) is 8.00. The van der Waals surface area contributed by atoms with Crippen LogP contribution >= 0.6 is 15.9 Å². The van der Waals surface area contributed by atoms with Gasteiger partial charge in [0.2, 0.25) is 0 Å². The van der Waals surface area contributed by atoms with E-state index in [1.807, 2.05) is 70.1 Å². The number of nitrogens with zero attached hydrogens (tertiary/aromatic N) is 4. The minimum atomic E-state index is -0.464. The quantitative estimate of drug-likeness (QED) is 0.316. The first-order chi connectivity index (χ1) is 16.4. The third kappa shape index (κ3) is 6.48. The van der Waals surface area contributed by atoms with Gasteiger partial charge in [0.15, 0.2) is 6.61 Å². The van der Waals surface area contributed by atoms with Gasteiger partial charge in [0.25, 0.3) is 5.56 Å². The fourth-order valence-corrected chi connectivity index (χ4v) is 3.69. The first-order valence-corrected chi connectivity index (χ1v) is 12.1. The van der Waals surface area contributed by atoms with Gasteiger partial charge in [-0.25, -0.2) is 9.78 Å². The summed E-state index contributed by atoms with van der Waals surface area (Å²) in [5, 5.41) is 4.98. The minimum absolute atomic E-state index is 0.233. The van der Waals surface area contributed by atoms with Crippen molar-refractivity contribution in [3.8, 4) is 5.75 Å². The molecule has 0 fully saturated rings. The number of carbonyl (C=O) groups excluding carboxylic acids is 1. The molecule has 0 aliphatic carbocycles. The first-order valence-electron chi connectivity index (χ1n) is 11.3. The van der Waals surface area contributed by atoms with Gasteiger partial charge in [-0.15, -0.1) is 0 Å². The fourth-order valence-electron chi connectivity index (χ4n) is 3.33. The third-order valence-electron chi connectivity index (χ3n) is 5.02. The van der Waals surface area contributed by atoms with E-state index in [0.29, 0.717) is 28.0 Å². The van der Waals surface area contributed by atoms with Crippen LogP contribution in [-0.2, 0) is 14.9 Å². The Morgan fingerprint density at radius 1 is 1.20 bits per heavy atom. The molecule has 0 saturated carbocycles. The first kappa shape index (κ1) is 26.4. The summed E-state index contributed by atoms with van der Waals surface area (Å²) in [4.78, 5) is 32.1. The Bertz CT molecular complexity index is 1320. The molecule has 186 valence electrons. The van der Waals surface area contributed by atoms with Crippen molar-refractivity contribution in [1.29, 1.82) is 0 Å². The molecule has 35 heavy (non-hydrogen) atoms. The van der Waals surface area contributed by atoms with Crippen LogP contribution in [0.25, 0.3) is 10.9 Å². The summed E-state index contributed by atoms with van der Waals surface area (Å²) < 4.78 is 13.1. The molecular weight excluding hydrogens is 512 g/mol. The second kappa shape index (κ2) is 10.6. The zero-order chi connectivity index (χ0) is 25.9. The molecular formula is C26H31BrN4O4. The molecule has 3 aromatic rings. The Labute approximate surface area is 213 Å². The maximum Gasteiger partial charge on any atom is 0.344 e. The topological polar surface area (TPSA) is 86.0 Å². The van der Waals surface area contributed by atoms with Crippen molar-refractivity contribution in [1.82, 2.24) is 9.66 Å². The summed E-state index contributed by atoms with van der Waals surface area (Å²) >= 11 is 3.42. The number of aromatic nitrogens is 2. The van der Waals surface area contributed by atoms with Gasteiger partial charge in [-0.05, 0) is 44.2 Å². The van der Waals surface area contributed by atoms with Crippen LogP contribution in [0.15, 0.2) is 50.8 Å². The maximum atomic E-state index is 13.4. The predicted octanol–water partition coefficient (Wildman–Crippen LogP) is 4.74. The summed E-state index contributed by atoms with van der Waals surface area (Å²) in [6, 6.07) is 11.0. The van der Waals surface area contributed by atoms with Gasteiger partial charge in [-0.2, -0.15) is 9.78 Å². The number of halogens is 1. The standard InChI is InChI=1S/C26H31BrN4O4/c1-16(2)35-23(32)15-34-22-13-19(30(6)7)10-8-17(22)14-28-31-24(33)20-12-18(27)9-11-21(20)29-25(31)26(3,4)5/h8-14,16H,15H2,1-7H3. The normalized spacial score (nSPS) is 11.9. The highest BCUT2D eigenvalue weighted by Crippen LogP contribution is 2.25. The summed E-state index contributed by atoms with van der Waals surface area (Å²) in [7, 11) is 3.82. The smallest absolute Gasteiger partial charge is 0.344 e. The molecule has 0 saturated heterocycles. The molecule has 0 spiro atoms. The molecule has 0 bridgehead atoms. The fraction of sp³-hybridized carbons (Fsp3) is 0.385. The zero-order valence-corrected chi connectivity index (χ0v) is 22.7. The van der Waals surface area contributed by atoms with Crippen molar-refractivity contribution < 1.29 is 14.3 Å². The van der Waals surface area contributed by atoms with Gasteiger partial charge < -0.3 is 14.4 Å². The molecule has 1 aromatic heterocycles. The number of rotatable bonds is 7. The van der Waals surface area contributed by atoms with Gasteiger partial charge in [-0.3, -0.25) is 4.79 Å². The van der Waals surface area contributed by atoms with Gasteiger partial charge in [0.05, 0.1) is 23.2 Å². The number of hydrogen-bond acceptors (Lipinski definition) is 7. The molecule has 0 radical (unpaired) electrons. The number of ether oxygens (including phenoxy) is 2. The molecule has 2 aromatic carbocycles. The van der Waals surface area contributed by atoms with E-state index in [4.69, 9.17) is 14.5 Å². The average Bonchev–Trinajstić information content (AvgIpc) is 2.76. The zero-order valence-electron chi connectivity index (χ0n) is 21.1. The molecule has 0 amide bonds. The Morgan fingerprint density at radius 3 is 2.54 bits per heavy atom. The van der Waals surface area contributed by atoms with E-state index in [1.54, 1.807) is 26.1 Å². The predicted molar refractivity (Wildman–Crippen MR) is 143 cm³/mol. The Morgan fingerprint density at radius 2 is 1.91 bits per heavy atom. The van der Waals surface area contributed by atoms with Crippen LogP contribution in [-0.4, -0.2) is 48.7 Å². The number of fused-ring (bicyclic) bond motifs is 1. The Balaban J connectivity index is 2.08. The Hall–Kier alpha value is -3.20. The lowest BCUT2D eigenvalue weighted by Gasteiger charge is -2.21. The van der Waals surface area contributed by atoms with Crippen LogP contribution in [0.3, 0.4) is 0 Å². The number of carbonyl (C=O) groups is 1. The van der Waals surface area contributed by atoms with E-state index in [1.165, 1.54) is 4.68 Å². The van der Waals surface area contributed by atoms with Gasteiger partial charge >= 0.3 is 5.97 Å². The van der Waals surface area contributed by atoms with E-state index in [0.717, 1.165) is 10.2 Å². The summed E-state index contributed by atoms with van der Waals surface area (Å²) in [6.45, 7) is 9.26. The van der Waals surface area contributed by atoms with E-state index in [9.17, 15) is 9.59 Å². The summed E-state index contributed by atoms with van der Waals surface area (Å²) in [6.07, 6.45) is 1.31. The molecule has 0 aliphatic rings. The second-order valence-electron chi connectivity index (χ2n) is 9.65. The van der Waals surface area contributed by atoms with Gasteiger partial charge in [0.1, 0.15) is 11.6 Å². The van der Waals surface area contributed by atoms with Crippen molar-refractivity contribution in [2.75, 3.05) is 25.6 Å². The second-order valence-corrected chi connectivity index (χ2v) is 10.6. The largest absolute Gasteiger partial charge is 0.481 e. The third-order valence-corrected chi connectivity index (χ3v) is 5.51. The van der Waals surface area contributed by atoms with Crippen LogP contribution in [0, 0.1) is 0 Å². The molecule has 0 N–H and O–H groups in total. The highest BCUT2D eigenvalue weighted by Gasteiger charge is 2.23. The minimum Gasteiger partial charge on any atom is -0.481 e. The summed E-state index contributed by atoms with van der Waals surface area (Å²) in [5.41, 5.74) is 1.39. The lowest BCUT2D eigenvalue weighted by atomic mass is 9.95. The molecule has 9 heteroatoms.